The van der Waals surface area contributed by atoms with Crippen LogP contribution in [0.2, 0.25) is 0 Å². The molecule has 0 atom stereocenters. The van der Waals surface area contributed by atoms with E-state index in [1.54, 1.807) is 11.0 Å². The molecule has 25 heavy (non-hydrogen) atoms. The summed E-state index contributed by atoms with van der Waals surface area (Å²) in [6.07, 6.45) is 4.05. The van der Waals surface area contributed by atoms with Crippen LogP contribution in [0.1, 0.15) is 18.4 Å². The van der Waals surface area contributed by atoms with Gasteiger partial charge in [0.2, 0.25) is 0 Å². The highest BCUT2D eigenvalue weighted by atomic mass is 79.9. The van der Waals surface area contributed by atoms with Crippen LogP contribution in [0.25, 0.3) is 6.08 Å². The summed E-state index contributed by atoms with van der Waals surface area (Å²) in [4.78, 5) is 36.8. The molecule has 2 rings (SSSR count). The van der Waals surface area contributed by atoms with Crippen molar-refractivity contribution in [3.63, 3.8) is 0 Å². The van der Waals surface area contributed by atoms with Crippen LogP contribution in [0.3, 0.4) is 0 Å². The molecule has 0 aliphatic carbocycles. The average molecular weight is 410 g/mol. The van der Waals surface area contributed by atoms with Crippen molar-refractivity contribution < 1.29 is 23.9 Å². The molecule has 0 bridgehead atoms. The van der Waals surface area contributed by atoms with E-state index in [0.717, 1.165) is 10.0 Å². The third-order valence-corrected chi connectivity index (χ3v) is 4.53. The van der Waals surface area contributed by atoms with Crippen molar-refractivity contribution in [3.8, 4) is 0 Å². The van der Waals surface area contributed by atoms with Crippen LogP contribution in [-0.2, 0) is 23.9 Å². The van der Waals surface area contributed by atoms with Crippen LogP contribution in [-0.4, -0.2) is 49.6 Å². The zero-order chi connectivity index (χ0) is 18.2. The van der Waals surface area contributed by atoms with Crippen LogP contribution in [0.4, 0.5) is 0 Å². The van der Waals surface area contributed by atoms with Gasteiger partial charge >= 0.3 is 11.9 Å². The predicted molar refractivity (Wildman–Crippen MR) is 95.5 cm³/mol. The minimum absolute atomic E-state index is 0.162. The van der Waals surface area contributed by atoms with Crippen molar-refractivity contribution in [1.82, 2.24) is 4.90 Å². The Kier molecular flexibility index (Phi) is 7.18. The highest BCUT2D eigenvalue weighted by molar-refractivity contribution is 9.10. The molecule has 0 radical (unpaired) electrons. The number of hydrogen-bond acceptors (Lipinski definition) is 5. The monoisotopic (exact) mass is 409 g/mol. The number of carbonyl (C=O) groups is 3. The number of halogens is 1. The first kappa shape index (κ1) is 19.2. The van der Waals surface area contributed by atoms with Crippen molar-refractivity contribution in [2.45, 2.75) is 12.8 Å². The van der Waals surface area contributed by atoms with Gasteiger partial charge in [0.25, 0.3) is 5.91 Å². The molecular weight excluding hydrogens is 390 g/mol. The number of hydrogen-bond donors (Lipinski definition) is 0. The van der Waals surface area contributed by atoms with Gasteiger partial charge in [0.1, 0.15) is 0 Å². The number of rotatable bonds is 5. The number of nitrogens with zero attached hydrogens (tertiary/aromatic N) is 1. The molecule has 1 aromatic carbocycles. The van der Waals surface area contributed by atoms with Gasteiger partial charge in [-0.25, -0.2) is 4.79 Å². The first-order chi connectivity index (χ1) is 12.0. The van der Waals surface area contributed by atoms with E-state index in [0.29, 0.717) is 25.9 Å². The maximum Gasteiger partial charge on any atom is 0.331 e. The van der Waals surface area contributed by atoms with Gasteiger partial charge in [-0.1, -0.05) is 28.1 Å². The second-order valence-corrected chi connectivity index (χ2v) is 6.59. The maximum absolute atomic E-state index is 12.1. The van der Waals surface area contributed by atoms with Crippen molar-refractivity contribution in [2.75, 3.05) is 26.8 Å². The van der Waals surface area contributed by atoms with Gasteiger partial charge in [0, 0.05) is 23.6 Å². The Hall–Kier alpha value is -2.15. The normalized spacial score (nSPS) is 15.2. The van der Waals surface area contributed by atoms with E-state index in [4.69, 9.17) is 9.47 Å². The molecule has 1 fully saturated rings. The second-order valence-electron chi connectivity index (χ2n) is 5.67. The number of ether oxygens (including phenoxy) is 2. The van der Waals surface area contributed by atoms with Crippen molar-refractivity contribution in [3.05, 3.63) is 40.4 Å². The predicted octanol–water partition coefficient (Wildman–Crippen LogP) is 2.42. The summed E-state index contributed by atoms with van der Waals surface area (Å²) in [6.45, 7) is 0.627. The standard InChI is InChI=1S/C18H20BrNO5/c1-24-18(23)14-8-10-20(11-9-14)16(21)12-25-17(22)7-4-13-2-5-15(19)6-3-13/h2-7,14H,8-12H2,1H3/b7-4+. The first-order valence-corrected chi connectivity index (χ1v) is 8.75. The lowest BCUT2D eigenvalue weighted by Crippen LogP contribution is -2.42. The minimum atomic E-state index is -0.569. The van der Waals surface area contributed by atoms with Gasteiger partial charge in [0.05, 0.1) is 13.0 Å². The molecule has 1 saturated heterocycles. The van der Waals surface area contributed by atoms with E-state index in [1.807, 2.05) is 24.3 Å². The third-order valence-electron chi connectivity index (χ3n) is 4.00. The summed E-state index contributed by atoms with van der Waals surface area (Å²) < 4.78 is 10.6. The van der Waals surface area contributed by atoms with E-state index >= 15 is 0 Å². The summed E-state index contributed by atoms with van der Waals surface area (Å²) in [5, 5.41) is 0. The van der Waals surface area contributed by atoms with E-state index in [1.165, 1.54) is 13.2 Å². The molecule has 1 amide bonds. The number of carbonyl (C=O) groups excluding carboxylic acids is 3. The Balaban J connectivity index is 1.73. The molecule has 0 N–H and O–H groups in total. The van der Waals surface area contributed by atoms with Crippen LogP contribution in [0.15, 0.2) is 34.8 Å². The van der Waals surface area contributed by atoms with Gasteiger partial charge in [-0.3, -0.25) is 9.59 Å². The average Bonchev–Trinajstić information content (AvgIpc) is 2.65. The molecule has 134 valence electrons. The Morgan fingerprint density at radius 1 is 1.20 bits per heavy atom. The number of likely N-dealkylation sites (tertiary alicyclic amines) is 1. The van der Waals surface area contributed by atoms with E-state index in [9.17, 15) is 14.4 Å². The SMILES string of the molecule is COC(=O)C1CCN(C(=O)COC(=O)/C=C/c2ccc(Br)cc2)CC1. The topological polar surface area (TPSA) is 72.9 Å². The fourth-order valence-corrected chi connectivity index (χ4v) is 2.81. The smallest absolute Gasteiger partial charge is 0.331 e. The molecule has 0 unspecified atom stereocenters. The molecule has 0 aromatic heterocycles. The van der Waals surface area contributed by atoms with E-state index in [2.05, 4.69) is 15.9 Å². The molecule has 0 saturated carbocycles. The lowest BCUT2D eigenvalue weighted by molar-refractivity contribution is -0.151. The number of benzene rings is 1. The van der Waals surface area contributed by atoms with Crippen LogP contribution < -0.4 is 0 Å². The zero-order valence-electron chi connectivity index (χ0n) is 13.9. The molecule has 1 aromatic rings. The Morgan fingerprint density at radius 2 is 1.84 bits per heavy atom. The third kappa shape index (κ3) is 6.01. The van der Waals surface area contributed by atoms with Crippen molar-refractivity contribution in [2.24, 2.45) is 5.92 Å². The maximum atomic E-state index is 12.1. The fraction of sp³-hybridized carbons (Fsp3) is 0.389. The number of piperidine rings is 1. The molecule has 6 nitrogen and oxygen atoms in total. The zero-order valence-corrected chi connectivity index (χ0v) is 15.5. The highest BCUT2D eigenvalue weighted by Crippen LogP contribution is 2.18. The van der Waals surface area contributed by atoms with Gasteiger partial charge in [-0.05, 0) is 36.6 Å². The molecular formula is C18H20BrNO5. The summed E-state index contributed by atoms with van der Waals surface area (Å²) in [7, 11) is 1.36. The summed E-state index contributed by atoms with van der Waals surface area (Å²) in [6, 6.07) is 7.44. The van der Waals surface area contributed by atoms with Gasteiger partial charge in [-0.2, -0.15) is 0 Å². The quantitative estimate of drug-likeness (QED) is 0.551. The number of esters is 2. The minimum Gasteiger partial charge on any atom is -0.469 e. The Labute approximate surface area is 154 Å². The Bertz CT molecular complexity index is 648. The van der Waals surface area contributed by atoms with Crippen molar-refractivity contribution >= 4 is 39.9 Å². The highest BCUT2D eigenvalue weighted by Gasteiger charge is 2.28. The van der Waals surface area contributed by atoms with Crippen LogP contribution >= 0.6 is 15.9 Å². The van der Waals surface area contributed by atoms with Gasteiger partial charge in [-0.15, -0.1) is 0 Å². The number of amides is 1. The fourth-order valence-electron chi connectivity index (χ4n) is 2.54. The summed E-state index contributed by atoms with van der Waals surface area (Å²) >= 11 is 3.34. The lowest BCUT2D eigenvalue weighted by atomic mass is 9.97. The summed E-state index contributed by atoms with van der Waals surface area (Å²) in [5.41, 5.74) is 0.858. The lowest BCUT2D eigenvalue weighted by Gasteiger charge is -2.30. The van der Waals surface area contributed by atoms with Crippen molar-refractivity contribution in [1.29, 1.82) is 0 Å². The largest absolute Gasteiger partial charge is 0.469 e. The molecule has 0 spiro atoms. The molecule has 1 aliphatic heterocycles. The summed E-state index contributed by atoms with van der Waals surface area (Å²) in [5.74, 6) is -1.23. The molecule has 1 heterocycles. The van der Waals surface area contributed by atoms with E-state index in [-0.39, 0.29) is 24.4 Å². The second kappa shape index (κ2) is 9.36. The van der Waals surface area contributed by atoms with Gasteiger partial charge in [0.15, 0.2) is 6.61 Å². The first-order valence-electron chi connectivity index (χ1n) is 7.95. The van der Waals surface area contributed by atoms with Gasteiger partial charge < -0.3 is 14.4 Å². The van der Waals surface area contributed by atoms with E-state index < -0.39 is 5.97 Å². The number of methoxy groups -OCH3 is 1. The van der Waals surface area contributed by atoms with Crippen LogP contribution in [0.5, 0.6) is 0 Å². The Morgan fingerprint density at radius 3 is 2.44 bits per heavy atom. The van der Waals surface area contributed by atoms with Crippen LogP contribution in [0, 0.1) is 5.92 Å². The molecule has 1 aliphatic rings. The molecule has 7 heteroatoms.